The molecule has 0 atom stereocenters. The summed E-state index contributed by atoms with van der Waals surface area (Å²) < 4.78 is 33.9. The van der Waals surface area contributed by atoms with Crippen LogP contribution in [-0.2, 0) is 31.7 Å². The molecule has 0 saturated carbocycles. The molecule has 2 aromatic rings. The Morgan fingerprint density at radius 2 is 1.82 bits per heavy atom. The normalized spacial score (nSPS) is 15.3. The van der Waals surface area contributed by atoms with Crippen LogP contribution >= 0.6 is 0 Å². The number of imidazole rings is 1. The molecule has 34 heavy (non-hydrogen) atoms. The Balaban J connectivity index is 1.85. The number of rotatable bonds is 10. The van der Waals surface area contributed by atoms with E-state index in [1.54, 1.807) is 10.8 Å². The molecule has 1 amide bonds. The van der Waals surface area contributed by atoms with Crippen LogP contribution in [0.2, 0.25) is 0 Å². The minimum atomic E-state index is -3.67. The number of amides is 1. The van der Waals surface area contributed by atoms with Gasteiger partial charge in [-0.2, -0.15) is 0 Å². The van der Waals surface area contributed by atoms with Crippen LogP contribution in [0, 0.1) is 12.8 Å². The lowest BCUT2D eigenvalue weighted by molar-refractivity contribution is -0.135. The van der Waals surface area contributed by atoms with E-state index in [4.69, 9.17) is 4.74 Å². The zero-order valence-electron chi connectivity index (χ0n) is 21.0. The second-order valence-corrected chi connectivity index (χ2v) is 11.4. The fraction of sp³-hybridized carbons (Fsp3) is 0.600. The summed E-state index contributed by atoms with van der Waals surface area (Å²) in [6, 6.07) is 7.38. The number of hydrogen-bond acceptors (Lipinski definition) is 6. The average molecular weight is 491 g/mol. The van der Waals surface area contributed by atoms with Crippen molar-refractivity contribution in [2.45, 2.75) is 58.1 Å². The van der Waals surface area contributed by atoms with Crippen molar-refractivity contribution in [2.75, 3.05) is 39.4 Å². The van der Waals surface area contributed by atoms with Gasteiger partial charge >= 0.3 is 0 Å². The third-order valence-electron chi connectivity index (χ3n) is 6.19. The van der Waals surface area contributed by atoms with Gasteiger partial charge in [-0.15, -0.1) is 0 Å². The lowest BCUT2D eigenvalue weighted by atomic mass is 10.1. The standard InChI is InChI=1S/C25H38N4O4S/c1-19(2)24(30)28(11-10-27-12-14-33-15-13-27)17-23-16-26-25(29(23)20(3)4)34(31,32)18-22-9-7-6-8-21(22)5/h6-9,16,19-20H,10-15,17-18H2,1-5H3. The molecule has 0 spiro atoms. The first-order chi connectivity index (χ1) is 16.1. The summed E-state index contributed by atoms with van der Waals surface area (Å²) in [5.41, 5.74) is 2.43. The van der Waals surface area contributed by atoms with Gasteiger partial charge in [-0.05, 0) is 31.9 Å². The van der Waals surface area contributed by atoms with Gasteiger partial charge in [0.1, 0.15) is 0 Å². The van der Waals surface area contributed by atoms with Gasteiger partial charge in [-0.3, -0.25) is 9.69 Å². The van der Waals surface area contributed by atoms with Gasteiger partial charge in [0.05, 0.1) is 37.4 Å². The molecule has 0 N–H and O–H groups in total. The van der Waals surface area contributed by atoms with Gasteiger partial charge in [-0.1, -0.05) is 38.1 Å². The van der Waals surface area contributed by atoms with Crippen molar-refractivity contribution < 1.29 is 17.9 Å². The van der Waals surface area contributed by atoms with E-state index in [9.17, 15) is 13.2 Å². The monoisotopic (exact) mass is 490 g/mol. The van der Waals surface area contributed by atoms with Crippen molar-refractivity contribution in [3.8, 4) is 0 Å². The number of aryl methyl sites for hydroxylation is 1. The van der Waals surface area contributed by atoms with Gasteiger partial charge in [0.2, 0.25) is 20.9 Å². The summed E-state index contributed by atoms with van der Waals surface area (Å²) in [4.78, 5) is 21.5. The van der Waals surface area contributed by atoms with Crippen molar-refractivity contribution in [3.05, 3.63) is 47.3 Å². The smallest absolute Gasteiger partial charge is 0.228 e. The van der Waals surface area contributed by atoms with Gasteiger partial charge < -0.3 is 14.2 Å². The second kappa shape index (κ2) is 11.5. The molecule has 0 radical (unpaired) electrons. The molecule has 1 aromatic carbocycles. The van der Waals surface area contributed by atoms with Crippen LogP contribution in [0.3, 0.4) is 0 Å². The molecular formula is C25H38N4O4S. The van der Waals surface area contributed by atoms with Gasteiger partial charge in [0.25, 0.3) is 0 Å². The van der Waals surface area contributed by atoms with Crippen molar-refractivity contribution in [1.82, 2.24) is 19.4 Å². The predicted octanol–water partition coefficient (Wildman–Crippen LogP) is 3.06. The maximum absolute atomic E-state index is 13.4. The molecular weight excluding hydrogens is 452 g/mol. The number of carbonyl (C=O) groups is 1. The van der Waals surface area contributed by atoms with E-state index in [1.165, 1.54) is 0 Å². The van der Waals surface area contributed by atoms with Gasteiger partial charge in [0, 0.05) is 38.1 Å². The van der Waals surface area contributed by atoms with Crippen LogP contribution in [-0.4, -0.2) is 73.1 Å². The highest BCUT2D eigenvalue weighted by atomic mass is 32.2. The Hall–Kier alpha value is -2.23. The number of hydrogen-bond donors (Lipinski definition) is 0. The highest BCUT2D eigenvalue weighted by Crippen LogP contribution is 2.24. The summed E-state index contributed by atoms with van der Waals surface area (Å²) in [6.45, 7) is 14.4. The van der Waals surface area contributed by atoms with E-state index in [0.717, 1.165) is 36.5 Å². The first-order valence-electron chi connectivity index (χ1n) is 12.0. The number of aromatic nitrogens is 2. The van der Waals surface area contributed by atoms with E-state index in [0.29, 0.717) is 26.3 Å². The molecule has 3 rings (SSSR count). The van der Waals surface area contributed by atoms with Crippen molar-refractivity contribution >= 4 is 15.7 Å². The fourth-order valence-electron chi connectivity index (χ4n) is 4.23. The Morgan fingerprint density at radius 1 is 1.15 bits per heavy atom. The molecule has 1 aromatic heterocycles. The molecule has 1 aliphatic heterocycles. The van der Waals surface area contributed by atoms with E-state index in [-0.39, 0.29) is 28.8 Å². The van der Waals surface area contributed by atoms with Crippen molar-refractivity contribution in [3.63, 3.8) is 0 Å². The molecule has 1 aliphatic rings. The van der Waals surface area contributed by atoms with Crippen LogP contribution in [0.5, 0.6) is 0 Å². The minimum Gasteiger partial charge on any atom is -0.379 e. The van der Waals surface area contributed by atoms with E-state index in [1.807, 2.05) is 63.8 Å². The molecule has 0 bridgehead atoms. The van der Waals surface area contributed by atoms with Crippen LogP contribution in [0.15, 0.2) is 35.6 Å². The zero-order chi connectivity index (χ0) is 24.9. The second-order valence-electron chi connectivity index (χ2n) is 9.55. The molecule has 1 saturated heterocycles. The summed E-state index contributed by atoms with van der Waals surface area (Å²) in [5.74, 6) is -0.201. The SMILES string of the molecule is Cc1ccccc1CS(=O)(=O)c1ncc(CN(CCN2CCOCC2)C(=O)C(C)C)n1C(C)C. The minimum absolute atomic E-state index is 0.0501. The molecule has 8 nitrogen and oxygen atoms in total. The molecule has 0 unspecified atom stereocenters. The van der Waals surface area contributed by atoms with E-state index in [2.05, 4.69) is 9.88 Å². The Labute approximate surface area is 203 Å². The summed E-state index contributed by atoms with van der Waals surface area (Å²) in [7, 11) is -3.67. The third-order valence-corrected chi connectivity index (χ3v) is 7.74. The highest BCUT2D eigenvalue weighted by molar-refractivity contribution is 7.90. The topological polar surface area (TPSA) is 84.7 Å². The Morgan fingerprint density at radius 3 is 2.44 bits per heavy atom. The fourth-order valence-corrected chi connectivity index (χ4v) is 5.94. The number of ether oxygens (including phenoxy) is 1. The number of morpholine rings is 1. The largest absolute Gasteiger partial charge is 0.379 e. The predicted molar refractivity (Wildman–Crippen MR) is 132 cm³/mol. The average Bonchev–Trinajstić information content (AvgIpc) is 3.23. The number of nitrogens with zero attached hydrogens (tertiary/aromatic N) is 4. The van der Waals surface area contributed by atoms with Crippen LogP contribution in [0.1, 0.15) is 50.6 Å². The molecule has 2 heterocycles. The van der Waals surface area contributed by atoms with Crippen molar-refractivity contribution in [1.29, 1.82) is 0 Å². The first-order valence-corrected chi connectivity index (χ1v) is 13.7. The Kier molecular flexibility index (Phi) is 8.89. The quantitative estimate of drug-likeness (QED) is 0.509. The molecule has 1 fully saturated rings. The molecule has 188 valence electrons. The third kappa shape index (κ3) is 6.46. The van der Waals surface area contributed by atoms with Gasteiger partial charge in [0.15, 0.2) is 0 Å². The van der Waals surface area contributed by atoms with Crippen LogP contribution in [0.4, 0.5) is 0 Å². The maximum atomic E-state index is 13.4. The zero-order valence-corrected chi connectivity index (χ0v) is 21.8. The highest BCUT2D eigenvalue weighted by Gasteiger charge is 2.28. The first kappa shape index (κ1) is 26.4. The van der Waals surface area contributed by atoms with Crippen molar-refractivity contribution in [2.24, 2.45) is 5.92 Å². The summed E-state index contributed by atoms with van der Waals surface area (Å²) in [5, 5.41) is 0.0610. The number of carbonyl (C=O) groups excluding carboxylic acids is 1. The van der Waals surface area contributed by atoms with E-state index < -0.39 is 9.84 Å². The van der Waals surface area contributed by atoms with E-state index >= 15 is 0 Å². The molecule has 9 heteroatoms. The van der Waals surface area contributed by atoms with Crippen LogP contribution in [0.25, 0.3) is 0 Å². The van der Waals surface area contributed by atoms with Crippen LogP contribution < -0.4 is 0 Å². The Bertz CT molecular complexity index is 1070. The van der Waals surface area contributed by atoms with Gasteiger partial charge in [-0.25, -0.2) is 13.4 Å². The number of benzene rings is 1. The summed E-state index contributed by atoms with van der Waals surface area (Å²) >= 11 is 0. The number of sulfone groups is 1. The summed E-state index contributed by atoms with van der Waals surface area (Å²) in [6.07, 6.45) is 1.61. The lowest BCUT2D eigenvalue weighted by Gasteiger charge is -2.31. The lowest BCUT2D eigenvalue weighted by Crippen LogP contribution is -2.44. The molecule has 0 aliphatic carbocycles. The maximum Gasteiger partial charge on any atom is 0.228 e.